The number of aromatic nitrogens is 2. The number of hydrogen-bond acceptors (Lipinski definition) is 3. The lowest BCUT2D eigenvalue weighted by atomic mass is 10.1. The van der Waals surface area contributed by atoms with Crippen LogP contribution in [0, 0.1) is 6.92 Å². The second kappa shape index (κ2) is 6.28. The van der Waals surface area contributed by atoms with Crippen molar-refractivity contribution in [2.24, 2.45) is 0 Å². The first-order valence-corrected chi connectivity index (χ1v) is 7.76. The van der Waals surface area contributed by atoms with Gasteiger partial charge in [0.2, 0.25) is 0 Å². The molecule has 0 aliphatic carbocycles. The van der Waals surface area contributed by atoms with Gasteiger partial charge in [-0.05, 0) is 37.6 Å². The third-order valence-corrected chi connectivity index (χ3v) is 4.09. The van der Waals surface area contributed by atoms with E-state index in [1.807, 2.05) is 41.8 Å². The SMILES string of the molecule is CC(=O)c1ccc2c(c1)nc(-c1ccccc1C)n2CCC(=O)O. The number of fused-ring (bicyclic) bond motifs is 1. The van der Waals surface area contributed by atoms with Gasteiger partial charge in [0.25, 0.3) is 0 Å². The Labute approximate surface area is 139 Å². The molecule has 1 heterocycles. The van der Waals surface area contributed by atoms with Gasteiger partial charge in [0.1, 0.15) is 5.82 Å². The summed E-state index contributed by atoms with van der Waals surface area (Å²) in [5, 5.41) is 9.04. The molecule has 5 nitrogen and oxygen atoms in total. The summed E-state index contributed by atoms with van der Waals surface area (Å²) < 4.78 is 1.91. The summed E-state index contributed by atoms with van der Waals surface area (Å²) in [4.78, 5) is 27.3. The Bertz CT molecular complexity index is 941. The Morgan fingerprint density at radius 1 is 1.17 bits per heavy atom. The van der Waals surface area contributed by atoms with E-state index in [1.165, 1.54) is 6.92 Å². The molecule has 5 heteroatoms. The number of rotatable bonds is 5. The van der Waals surface area contributed by atoms with E-state index in [2.05, 4.69) is 4.98 Å². The largest absolute Gasteiger partial charge is 0.481 e. The van der Waals surface area contributed by atoms with Crippen molar-refractivity contribution in [3.8, 4) is 11.4 Å². The van der Waals surface area contributed by atoms with Crippen LogP contribution >= 0.6 is 0 Å². The number of hydrogen-bond donors (Lipinski definition) is 1. The quantitative estimate of drug-likeness (QED) is 0.727. The first-order chi connectivity index (χ1) is 11.5. The molecule has 1 N–H and O–H groups in total. The van der Waals surface area contributed by atoms with Gasteiger partial charge >= 0.3 is 5.97 Å². The van der Waals surface area contributed by atoms with Crippen LogP contribution < -0.4 is 0 Å². The highest BCUT2D eigenvalue weighted by atomic mass is 16.4. The molecule has 0 saturated carbocycles. The topological polar surface area (TPSA) is 72.2 Å². The molecule has 0 fully saturated rings. The van der Waals surface area contributed by atoms with Crippen molar-refractivity contribution in [3.63, 3.8) is 0 Å². The summed E-state index contributed by atoms with van der Waals surface area (Å²) in [7, 11) is 0. The molecule has 0 saturated heterocycles. The second-order valence-corrected chi connectivity index (χ2v) is 5.81. The number of imidazole rings is 1. The maximum absolute atomic E-state index is 11.6. The number of carbonyl (C=O) groups excluding carboxylic acids is 1. The van der Waals surface area contributed by atoms with Crippen LogP contribution in [0.5, 0.6) is 0 Å². The smallest absolute Gasteiger partial charge is 0.305 e. The minimum absolute atomic E-state index is 0.0127. The van der Waals surface area contributed by atoms with E-state index in [1.54, 1.807) is 12.1 Å². The highest BCUT2D eigenvalue weighted by Gasteiger charge is 2.16. The summed E-state index contributed by atoms with van der Waals surface area (Å²) in [5.74, 6) is -0.146. The summed E-state index contributed by atoms with van der Waals surface area (Å²) in [5.41, 5.74) is 4.16. The Morgan fingerprint density at radius 2 is 1.92 bits per heavy atom. The molecule has 0 radical (unpaired) electrons. The van der Waals surface area contributed by atoms with Crippen molar-refractivity contribution < 1.29 is 14.7 Å². The molecule has 0 aliphatic rings. The molecule has 0 bridgehead atoms. The Hall–Kier alpha value is -2.95. The predicted octanol–water partition coefficient (Wildman–Crippen LogP) is 3.69. The van der Waals surface area contributed by atoms with Gasteiger partial charge in [-0.25, -0.2) is 4.98 Å². The molecule has 2 aromatic carbocycles. The number of carboxylic acids is 1. The van der Waals surface area contributed by atoms with Gasteiger partial charge in [-0.15, -0.1) is 0 Å². The normalized spacial score (nSPS) is 10.9. The number of aryl methyl sites for hydroxylation is 2. The zero-order valence-electron chi connectivity index (χ0n) is 13.6. The summed E-state index contributed by atoms with van der Waals surface area (Å²) in [6.07, 6.45) is 0.0127. The van der Waals surface area contributed by atoms with Gasteiger partial charge in [-0.3, -0.25) is 9.59 Å². The van der Waals surface area contributed by atoms with Gasteiger partial charge in [0.05, 0.1) is 17.5 Å². The van der Waals surface area contributed by atoms with Crippen molar-refractivity contribution in [3.05, 3.63) is 53.6 Å². The van der Waals surface area contributed by atoms with E-state index in [9.17, 15) is 9.59 Å². The van der Waals surface area contributed by atoms with Crippen LogP contribution in [-0.4, -0.2) is 26.4 Å². The van der Waals surface area contributed by atoms with E-state index < -0.39 is 5.97 Å². The Balaban J connectivity index is 2.22. The van der Waals surface area contributed by atoms with Gasteiger partial charge < -0.3 is 9.67 Å². The van der Waals surface area contributed by atoms with E-state index in [-0.39, 0.29) is 12.2 Å². The summed E-state index contributed by atoms with van der Waals surface area (Å²) in [6, 6.07) is 13.2. The van der Waals surface area contributed by atoms with Crippen molar-refractivity contribution in [2.75, 3.05) is 0 Å². The van der Waals surface area contributed by atoms with Crippen molar-refractivity contribution in [1.29, 1.82) is 0 Å². The fourth-order valence-corrected chi connectivity index (χ4v) is 2.81. The molecule has 1 aromatic heterocycles. The minimum atomic E-state index is -0.854. The van der Waals surface area contributed by atoms with Crippen molar-refractivity contribution in [1.82, 2.24) is 9.55 Å². The molecule has 0 atom stereocenters. The number of nitrogens with zero attached hydrogens (tertiary/aromatic N) is 2. The number of carboxylic acid groups (broad SMARTS) is 1. The highest BCUT2D eigenvalue weighted by Crippen LogP contribution is 2.28. The fraction of sp³-hybridized carbons (Fsp3) is 0.211. The molecule has 3 rings (SSSR count). The average Bonchev–Trinajstić information content (AvgIpc) is 2.90. The zero-order valence-corrected chi connectivity index (χ0v) is 13.6. The fourth-order valence-electron chi connectivity index (χ4n) is 2.81. The van der Waals surface area contributed by atoms with Gasteiger partial charge in [0.15, 0.2) is 5.78 Å². The number of aliphatic carboxylic acids is 1. The Morgan fingerprint density at radius 3 is 2.58 bits per heavy atom. The van der Waals surface area contributed by atoms with E-state index in [0.717, 1.165) is 22.5 Å². The molecule has 24 heavy (non-hydrogen) atoms. The van der Waals surface area contributed by atoms with Crippen LogP contribution in [0.2, 0.25) is 0 Å². The lowest BCUT2D eigenvalue weighted by Gasteiger charge is -2.10. The van der Waals surface area contributed by atoms with E-state index >= 15 is 0 Å². The first-order valence-electron chi connectivity index (χ1n) is 7.76. The second-order valence-electron chi connectivity index (χ2n) is 5.81. The lowest BCUT2D eigenvalue weighted by Crippen LogP contribution is -2.06. The first kappa shape index (κ1) is 15.9. The molecule has 122 valence electrons. The highest BCUT2D eigenvalue weighted by molar-refractivity contribution is 5.97. The maximum atomic E-state index is 11.6. The average molecular weight is 322 g/mol. The minimum Gasteiger partial charge on any atom is -0.481 e. The van der Waals surface area contributed by atoms with E-state index in [4.69, 9.17) is 5.11 Å². The molecule has 0 aliphatic heterocycles. The third kappa shape index (κ3) is 2.93. The van der Waals surface area contributed by atoms with E-state index in [0.29, 0.717) is 17.6 Å². The van der Waals surface area contributed by atoms with Crippen LogP contribution in [0.3, 0.4) is 0 Å². The maximum Gasteiger partial charge on any atom is 0.305 e. The standard InChI is InChI=1S/C19H18N2O3/c1-12-5-3-4-6-15(12)19-20-16-11-14(13(2)22)7-8-17(16)21(19)10-9-18(23)24/h3-8,11H,9-10H2,1-2H3,(H,23,24). The monoisotopic (exact) mass is 322 g/mol. The van der Waals surface area contributed by atoms with Crippen LogP contribution in [0.4, 0.5) is 0 Å². The predicted molar refractivity (Wildman–Crippen MR) is 92.2 cm³/mol. The van der Waals surface area contributed by atoms with Crippen LogP contribution in [0.15, 0.2) is 42.5 Å². The van der Waals surface area contributed by atoms with Crippen molar-refractivity contribution >= 4 is 22.8 Å². The summed E-state index contributed by atoms with van der Waals surface area (Å²) in [6.45, 7) is 3.84. The number of ketones is 1. The molecule has 3 aromatic rings. The summed E-state index contributed by atoms with van der Waals surface area (Å²) >= 11 is 0. The van der Waals surface area contributed by atoms with Crippen molar-refractivity contribution in [2.45, 2.75) is 26.8 Å². The molecular formula is C19H18N2O3. The molecule has 0 unspecified atom stereocenters. The molecule has 0 spiro atoms. The number of Topliss-reactive ketones (excluding diaryl/α,β-unsaturated/α-hetero) is 1. The molecule has 0 amide bonds. The Kier molecular flexibility index (Phi) is 4.16. The van der Waals surface area contributed by atoms with Gasteiger partial charge in [0, 0.05) is 17.7 Å². The number of benzene rings is 2. The van der Waals surface area contributed by atoms with Crippen LogP contribution in [0.1, 0.15) is 29.3 Å². The lowest BCUT2D eigenvalue weighted by molar-refractivity contribution is -0.137. The zero-order chi connectivity index (χ0) is 17.3. The van der Waals surface area contributed by atoms with Gasteiger partial charge in [-0.2, -0.15) is 0 Å². The van der Waals surface area contributed by atoms with Crippen LogP contribution in [-0.2, 0) is 11.3 Å². The van der Waals surface area contributed by atoms with Crippen LogP contribution in [0.25, 0.3) is 22.4 Å². The number of carbonyl (C=O) groups is 2. The third-order valence-electron chi connectivity index (χ3n) is 4.09. The molecular weight excluding hydrogens is 304 g/mol. The van der Waals surface area contributed by atoms with Gasteiger partial charge in [-0.1, -0.05) is 24.3 Å².